The van der Waals surface area contributed by atoms with Crippen molar-refractivity contribution in [3.8, 4) is 0 Å². The monoisotopic (exact) mass is 186 g/mol. The van der Waals surface area contributed by atoms with E-state index >= 15 is 0 Å². The molecule has 0 saturated heterocycles. The number of aromatic nitrogens is 1. The second kappa shape index (κ2) is 3.76. The summed E-state index contributed by atoms with van der Waals surface area (Å²) in [5, 5.41) is 4.36. The van der Waals surface area contributed by atoms with Crippen molar-refractivity contribution < 1.29 is 0 Å². The zero-order valence-corrected chi connectivity index (χ0v) is 8.54. The molecule has 0 fully saturated rings. The van der Waals surface area contributed by atoms with Crippen LogP contribution in [-0.4, -0.2) is 12.0 Å². The summed E-state index contributed by atoms with van der Waals surface area (Å²) in [5.74, 6) is 0. The fourth-order valence-electron chi connectivity index (χ4n) is 1.61. The Morgan fingerprint density at radius 2 is 2.14 bits per heavy atom. The third-order valence-electron chi connectivity index (χ3n) is 2.26. The summed E-state index contributed by atoms with van der Waals surface area (Å²) in [5.41, 5.74) is 3.57. The van der Waals surface area contributed by atoms with Gasteiger partial charge in [0.2, 0.25) is 0 Å². The summed E-state index contributed by atoms with van der Waals surface area (Å²) < 4.78 is 0. The zero-order valence-electron chi connectivity index (χ0n) is 8.54. The third kappa shape index (κ3) is 1.75. The Bertz CT molecular complexity index is 449. The van der Waals surface area contributed by atoms with E-state index in [2.05, 4.69) is 41.5 Å². The largest absolute Gasteiger partial charge is 0.316 e. The highest BCUT2D eigenvalue weighted by Gasteiger charge is 1.96. The lowest BCUT2D eigenvalue weighted by Crippen LogP contribution is -2.04. The Labute approximate surface area is 84.0 Å². The molecule has 0 saturated carbocycles. The maximum Gasteiger partial charge on any atom is 0.0702 e. The maximum atomic E-state index is 4.36. The molecule has 1 aromatic heterocycles. The van der Waals surface area contributed by atoms with Crippen molar-refractivity contribution in [3.63, 3.8) is 0 Å². The average molecular weight is 186 g/mol. The number of benzene rings is 1. The van der Waals surface area contributed by atoms with Crippen molar-refractivity contribution in [2.24, 2.45) is 0 Å². The molecule has 14 heavy (non-hydrogen) atoms. The second-order valence-electron chi connectivity index (χ2n) is 3.57. The van der Waals surface area contributed by atoms with Crippen LogP contribution in [0.5, 0.6) is 0 Å². The summed E-state index contributed by atoms with van der Waals surface area (Å²) in [6, 6.07) is 8.54. The Kier molecular flexibility index (Phi) is 2.46. The first-order valence-corrected chi connectivity index (χ1v) is 4.79. The first-order valence-electron chi connectivity index (χ1n) is 4.79. The number of nitrogens with zero attached hydrogens (tertiary/aromatic N) is 1. The number of fused-ring (bicyclic) bond motifs is 1. The molecule has 2 aromatic rings. The second-order valence-corrected chi connectivity index (χ2v) is 3.57. The molecule has 1 aromatic carbocycles. The third-order valence-corrected chi connectivity index (χ3v) is 2.26. The highest BCUT2D eigenvalue weighted by atomic mass is 14.8. The van der Waals surface area contributed by atoms with E-state index in [0.717, 1.165) is 12.1 Å². The van der Waals surface area contributed by atoms with Gasteiger partial charge in [0.15, 0.2) is 0 Å². The van der Waals surface area contributed by atoms with Crippen LogP contribution in [0, 0.1) is 6.92 Å². The van der Waals surface area contributed by atoms with E-state index in [1.54, 1.807) is 0 Å². The Morgan fingerprint density at radius 3 is 2.93 bits per heavy atom. The lowest BCUT2D eigenvalue weighted by atomic mass is 10.1. The van der Waals surface area contributed by atoms with Gasteiger partial charge >= 0.3 is 0 Å². The summed E-state index contributed by atoms with van der Waals surface area (Å²) in [7, 11) is 1.96. The molecule has 0 spiro atoms. The molecular weight excluding hydrogens is 172 g/mol. The van der Waals surface area contributed by atoms with Gasteiger partial charge in [-0.3, -0.25) is 4.98 Å². The molecule has 0 aliphatic rings. The number of aryl methyl sites for hydroxylation is 1. The summed E-state index contributed by atoms with van der Waals surface area (Å²) in [6.07, 6.45) is 1.90. The van der Waals surface area contributed by atoms with Crippen molar-refractivity contribution in [3.05, 3.63) is 41.6 Å². The molecule has 0 bridgehead atoms. The van der Waals surface area contributed by atoms with Crippen molar-refractivity contribution in [2.45, 2.75) is 13.5 Å². The smallest absolute Gasteiger partial charge is 0.0702 e. The maximum absolute atomic E-state index is 4.36. The van der Waals surface area contributed by atoms with Crippen LogP contribution in [0.4, 0.5) is 0 Å². The van der Waals surface area contributed by atoms with Crippen LogP contribution in [0.15, 0.2) is 30.5 Å². The van der Waals surface area contributed by atoms with Crippen LogP contribution in [-0.2, 0) is 6.54 Å². The number of hydrogen-bond donors (Lipinski definition) is 1. The van der Waals surface area contributed by atoms with Crippen LogP contribution in [0.1, 0.15) is 11.1 Å². The number of hydrogen-bond acceptors (Lipinski definition) is 2. The molecule has 2 rings (SSSR count). The first-order chi connectivity index (χ1) is 6.79. The predicted octanol–water partition coefficient (Wildman–Crippen LogP) is 2.26. The van der Waals surface area contributed by atoms with Gasteiger partial charge in [-0.1, -0.05) is 6.07 Å². The molecule has 0 aliphatic carbocycles. The summed E-state index contributed by atoms with van der Waals surface area (Å²) >= 11 is 0. The fourth-order valence-corrected chi connectivity index (χ4v) is 1.61. The van der Waals surface area contributed by atoms with Gasteiger partial charge in [-0.2, -0.15) is 0 Å². The molecule has 0 aliphatic heterocycles. The summed E-state index contributed by atoms with van der Waals surface area (Å²) in [4.78, 5) is 4.36. The summed E-state index contributed by atoms with van der Waals surface area (Å²) in [6.45, 7) is 2.97. The van der Waals surface area contributed by atoms with E-state index < -0.39 is 0 Å². The van der Waals surface area contributed by atoms with Crippen molar-refractivity contribution in [1.82, 2.24) is 10.3 Å². The minimum absolute atomic E-state index is 0.907. The van der Waals surface area contributed by atoms with E-state index in [-0.39, 0.29) is 0 Å². The van der Waals surface area contributed by atoms with Gasteiger partial charge in [-0.15, -0.1) is 0 Å². The Hall–Kier alpha value is -1.41. The van der Waals surface area contributed by atoms with E-state index in [1.165, 1.54) is 16.5 Å². The van der Waals surface area contributed by atoms with E-state index in [4.69, 9.17) is 0 Å². The minimum Gasteiger partial charge on any atom is -0.316 e. The minimum atomic E-state index is 0.907. The Balaban J connectivity index is 2.52. The molecule has 0 atom stereocenters. The first kappa shape index (κ1) is 9.16. The zero-order chi connectivity index (χ0) is 9.97. The molecular formula is C12H14N2. The number of rotatable bonds is 2. The van der Waals surface area contributed by atoms with E-state index in [1.807, 2.05) is 13.2 Å². The standard InChI is InChI=1S/C12H14N2/c1-9-5-11-6-10(8-13-2)3-4-12(11)14-7-9/h3-7,13H,8H2,1-2H3. The molecule has 1 heterocycles. The van der Waals surface area contributed by atoms with Gasteiger partial charge in [0.25, 0.3) is 0 Å². The molecule has 0 unspecified atom stereocenters. The van der Waals surface area contributed by atoms with Crippen LogP contribution in [0.25, 0.3) is 10.9 Å². The Morgan fingerprint density at radius 1 is 1.29 bits per heavy atom. The number of pyridine rings is 1. The van der Waals surface area contributed by atoms with Crippen molar-refractivity contribution >= 4 is 10.9 Å². The lowest BCUT2D eigenvalue weighted by Gasteiger charge is -2.03. The van der Waals surface area contributed by atoms with Gasteiger partial charge in [0.1, 0.15) is 0 Å². The highest BCUT2D eigenvalue weighted by molar-refractivity contribution is 5.79. The average Bonchev–Trinajstić information content (AvgIpc) is 2.17. The molecule has 72 valence electrons. The predicted molar refractivity (Wildman–Crippen MR) is 59.2 cm³/mol. The van der Waals surface area contributed by atoms with Crippen molar-refractivity contribution in [2.75, 3.05) is 7.05 Å². The molecule has 2 heteroatoms. The van der Waals surface area contributed by atoms with Crippen LogP contribution in [0.2, 0.25) is 0 Å². The fraction of sp³-hybridized carbons (Fsp3) is 0.250. The topological polar surface area (TPSA) is 24.9 Å². The molecule has 2 nitrogen and oxygen atoms in total. The van der Waals surface area contributed by atoms with E-state index in [0.29, 0.717) is 0 Å². The highest BCUT2D eigenvalue weighted by Crippen LogP contribution is 2.14. The van der Waals surface area contributed by atoms with Crippen LogP contribution < -0.4 is 5.32 Å². The normalized spacial score (nSPS) is 10.7. The van der Waals surface area contributed by atoms with Crippen molar-refractivity contribution in [1.29, 1.82) is 0 Å². The number of nitrogens with one attached hydrogen (secondary N) is 1. The van der Waals surface area contributed by atoms with Gasteiger partial charge < -0.3 is 5.32 Å². The van der Waals surface area contributed by atoms with E-state index in [9.17, 15) is 0 Å². The van der Waals surface area contributed by atoms with Gasteiger partial charge in [-0.05, 0) is 43.3 Å². The lowest BCUT2D eigenvalue weighted by molar-refractivity contribution is 0.819. The quantitative estimate of drug-likeness (QED) is 0.778. The molecule has 0 radical (unpaired) electrons. The molecule has 0 amide bonds. The van der Waals surface area contributed by atoms with Gasteiger partial charge in [0.05, 0.1) is 5.52 Å². The van der Waals surface area contributed by atoms with Gasteiger partial charge in [0, 0.05) is 18.1 Å². The molecule has 1 N–H and O–H groups in total. The SMILES string of the molecule is CNCc1ccc2ncc(C)cc2c1. The van der Waals surface area contributed by atoms with Crippen LogP contribution >= 0.6 is 0 Å². The van der Waals surface area contributed by atoms with Crippen LogP contribution in [0.3, 0.4) is 0 Å². The van der Waals surface area contributed by atoms with Gasteiger partial charge in [-0.25, -0.2) is 0 Å².